The Labute approximate surface area is 157 Å². The molecule has 1 N–H and O–H groups in total. The highest BCUT2D eigenvalue weighted by molar-refractivity contribution is 6.18. The first kappa shape index (κ1) is 16.8. The number of methoxy groups -OCH3 is 1. The number of hydrogen-bond donors (Lipinski definition) is 1. The number of Topliss-reactive ketones (excluding diaryl/α,β-unsaturated/α-hetero) is 1. The number of para-hydroxylation sites is 3. The molecule has 1 aliphatic rings. The van der Waals surface area contributed by atoms with Crippen molar-refractivity contribution in [1.82, 2.24) is 0 Å². The molecule has 0 radical (unpaired) electrons. The maximum atomic E-state index is 13.3. The number of fused-ring (bicyclic) bond motifs is 1. The van der Waals surface area contributed by atoms with Gasteiger partial charge in [-0.25, -0.2) is 0 Å². The maximum Gasteiger partial charge on any atom is 0.262 e. The Kier molecular flexibility index (Phi) is 4.34. The molecule has 5 heteroatoms. The Morgan fingerprint density at radius 2 is 1.59 bits per heavy atom. The second kappa shape index (κ2) is 6.96. The van der Waals surface area contributed by atoms with Gasteiger partial charge in [-0.15, -0.1) is 0 Å². The van der Waals surface area contributed by atoms with E-state index in [0.29, 0.717) is 28.3 Å². The molecule has 4 rings (SSSR count). The monoisotopic (exact) mass is 358 g/mol. The van der Waals surface area contributed by atoms with Crippen LogP contribution in [0.2, 0.25) is 0 Å². The molecule has 0 saturated carbocycles. The molecule has 1 heterocycles. The highest BCUT2D eigenvalue weighted by atomic mass is 16.5. The molecule has 0 bridgehead atoms. The van der Waals surface area contributed by atoms with Crippen LogP contribution < -0.4 is 15.0 Å². The first-order chi connectivity index (χ1) is 13.2. The van der Waals surface area contributed by atoms with Gasteiger partial charge >= 0.3 is 0 Å². The molecular formula is C22H18N2O3. The summed E-state index contributed by atoms with van der Waals surface area (Å²) in [7, 11) is 1.54. The van der Waals surface area contributed by atoms with E-state index in [0.717, 1.165) is 0 Å². The molecule has 5 nitrogen and oxygen atoms in total. The molecule has 1 aliphatic heterocycles. The van der Waals surface area contributed by atoms with Crippen LogP contribution in [0.4, 0.5) is 11.4 Å². The van der Waals surface area contributed by atoms with E-state index >= 15 is 0 Å². The highest BCUT2D eigenvalue weighted by Crippen LogP contribution is 2.35. The summed E-state index contributed by atoms with van der Waals surface area (Å²) < 4.78 is 5.44. The average molecular weight is 358 g/mol. The van der Waals surface area contributed by atoms with Crippen LogP contribution in [0.3, 0.4) is 0 Å². The zero-order chi connectivity index (χ0) is 18.8. The Morgan fingerprint density at radius 1 is 0.926 bits per heavy atom. The number of nitrogens with zero attached hydrogens (tertiary/aromatic N) is 1. The minimum atomic E-state index is -0.869. The van der Waals surface area contributed by atoms with Crippen LogP contribution in [0, 0.1) is 0 Å². The topological polar surface area (TPSA) is 58.6 Å². The van der Waals surface area contributed by atoms with Crippen LogP contribution >= 0.6 is 0 Å². The van der Waals surface area contributed by atoms with Crippen molar-refractivity contribution >= 4 is 23.1 Å². The van der Waals surface area contributed by atoms with Crippen molar-refractivity contribution in [3.8, 4) is 5.75 Å². The summed E-state index contributed by atoms with van der Waals surface area (Å²) in [6.45, 7) is 0. The van der Waals surface area contributed by atoms with Gasteiger partial charge in [0.1, 0.15) is 5.75 Å². The van der Waals surface area contributed by atoms with Gasteiger partial charge < -0.3 is 10.1 Å². The second-order valence-corrected chi connectivity index (χ2v) is 6.17. The number of nitrogens with one attached hydrogen (secondary N) is 1. The predicted molar refractivity (Wildman–Crippen MR) is 104 cm³/mol. The van der Waals surface area contributed by atoms with E-state index in [4.69, 9.17) is 4.74 Å². The largest absolute Gasteiger partial charge is 0.495 e. The third-order valence-corrected chi connectivity index (χ3v) is 4.58. The predicted octanol–water partition coefficient (Wildman–Crippen LogP) is 3.98. The lowest BCUT2D eigenvalue weighted by molar-refractivity contribution is 0.0900. The third-order valence-electron chi connectivity index (χ3n) is 4.58. The Balaban J connectivity index is 1.86. The van der Waals surface area contributed by atoms with Crippen molar-refractivity contribution in [1.29, 1.82) is 0 Å². The van der Waals surface area contributed by atoms with E-state index in [-0.39, 0.29) is 11.7 Å². The minimum absolute atomic E-state index is 0.190. The summed E-state index contributed by atoms with van der Waals surface area (Å²) in [6.07, 6.45) is -0.869. The van der Waals surface area contributed by atoms with Crippen LogP contribution in [0.15, 0.2) is 78.9 Å². The van der Waals surface area contributed by atoms with E-state index < -0.39 is 6.17 Å². The lowest BCUT2D eigenvalue weighted by atomic mass is 10.0. The molecule has 0 saturated heterocycles. The van der Waals surface area contributed by atoms with E-state index in [1.165, 1.54) is 4.90 Å². The summed E-state index contributed by atoms with van der Waals surface area (Å²) in [5, 5.41) is 3.23. The fourth-order valence-electron chi connectivity index (χ4n) is 3.27. The van der Waals surface area contributed by atoms with E-state index in [9.17, 15) is 9.59 Å². The molecule has 0 unspecified atom stereocenters. The molecule has 3 aromatic rings. The van der Waals surface area contributed by atoms with Crippen LogP contribution in [0.25, 0.3) is 0 Å². The van der Waals surface area contributed by atoms with Crippen LogP contribution in [-0.4, -0.2) is 25.0 Å². The van der Waals surface area contributed by atoms with Crippen molar-refractivity contribution in [2.75, 3.05) is 17.3 Å². The summed E-state index contributed by atoms with van der Waals surface area (Å²) in [6, 6.07) is 23.3. The van der Waals surface area contributed by atoms with Gasteiger partial charge in [0, 0.05) is 11.3 Å². The lowest BCUT2D eigenvalue weighted by Crippen LogP contribution is -2.53. The van der Waals surface area contributed by atoms with Crippen molar-refractivity contribution in [2.24, 2.45) is 0 Å². The fourth-order valence-corrected chi connectivity index (χ4v) is 3.27. The molecule has 0 fully saturated rings. The number of carbonyl (C=O) groups excluding carboxylic acids is 2. The van der Waals surface area contributed by atoms with E-state index in [2.05, 4.69) is 5.32 Å². The molecule has 0 spiro atoms. The van der Waals surface area contributed by atoms with Crippen molar-refractivity contribution < 1.29 is 14.3 Å². The number of carbonyl (C=O) groups is 2. The average Bonchev–Trinajstić information content (AvgIpc) is 2.74. The Hall–Kier alpha value is -3.60. The standard InChI is InChI=1S/C22H18N2O3/c1-27-19-14-8-7-13-18(19)24-21(20(25)15-9-3-2-4-10-15)23-17-12-6-5-11-16(17)22(24)26/h2-14,21,23H,1H3/t21-/m0/s1. The quantitative estimate of drug-likeness (QED) is 0.717. The fraction of sp³-hybridized carbons (Fsp3) is 0.0909. The molecule has 134 valence electrons. The number of benzene rings is 3. The first-order valence-electron chi connectivity index (χ1n) is 8.62. The van der Waals surface area contributed by atoms with Gasteiger partial charge in [-0.05, 0) is 24.3 Å². The normalized spacial score (nSPS) is 15.7. The minimum Gasteiger partial charge on any atom is -0.495 e. The van der Waals surface area contributed by atoms with Gasteiger partial charge in [-0.2, -0.15) is 0 Å². The van der Waals surface area contributed by atoms with Crippen molar-refractivity contribution in [2.45, 2.75) is 6.17 Å². The molecule has 0 aromatic heterocycles. The van der Waals surface area contributed by atoms with Crippen LogP contribution in [0.1, 0.15) is 20.7 Å². The number of amides is 1. The molecule has 27 heavy (non-hydrogen) atoms. The van der Waals surface area contributed by atoms with Gasteiger partial charge in [-0.3, -0.25) is 14.5 Å². The summed E-state index contributed by atoms with van der Waals surface area (Å²) >= 11 is 0. The van der Waals surface area contributed by atoms with Gasteiger partial charge in [0.15, 0.2) is 6.17 Å². The molecule has 0 aliphatic carbocycles. The van der Waals surface area contributed by atoms with Crippen molar-refractivity contribution in [3.63, 3.8) is 0 Å². The molecule has 3 aromatic carbocycles. The molecular weight excluding hydrogens is 340 g/mol. The zero-order valence-electron chi connectivity index (χ0n) is 14.8. The summed E-state index contributed by atoms with van der Waals surface area (Å²) in [5.41, 5.74) is 2.23. The highest BCUT2D eigenvalue weighted by Gasteiger charge is 2.38. The Bertz CT molecular complexity index is 1000. The number of ether oxygens (including phenoxy) is 1. The zero-order valence-corrected chi connectivity index (χ0v) is 14.8. The van der Waals surface area contributed by atoms with Gasteiger partial charge in [0.2, 0.25) is 5.78 Å². The SMILES string of the molecule is COc1ccccc1N1C(=O)c2ccccc2N[C@@H]1C(=O)c1ccccc1. The number of ketones is 1. The van der Waals surface area contributed by atoms with E-state index in [1.807, 2.05) is 24.3 Å². The third kappa shape index (κ3) is 2.93. The van der Waals surface area contributed by atoms with Crippen molar-refractivity contribution in [3.05, 3.63) is 90.0 Å². The molecule has 1 amide bonds. The lowest BCUT2D eigenvalue weighted by Gasteiger charge is -2.37. The summed E-state index contributed by atoms with van der Waals surface area (Å²) in [4.78, 5) is 28.0. The van der Waals surface area contributed by atoms with Crippen LogP contribution in [0.5, 0.6) is 5.75 Å². The summed E-state index contributed by atoms with van der Waals surface area (Å²) in [5.74, 6) is 0.0883. The van der Waals surface area contributed by atoms with Gasteiger partial charge in [0.05, 0.1) is 18.4 Å². The molecule has 1 atom stereocenters. The number of anilines is 2. The Morgan fingerprint density at radius 3 is 2.37 bits per heavy atom. The van der Waals surface area contributed by atoms with Crippen LogP contribution in [-0.2, 0) is 0 Å². The van der Waals surface area contributed by atoms with Gasteiger partial charge in [0.25, 0.3) is 5.91 Å². The first-order valence-corrected chi connectivity index (χ1v) is 8.62. The second-order valence-electron chi connectivity index (χ2n) is 6.17. The number of rotatable bonds is 4. The number of hydrogen-bond acceptors (Lipinski definition) is 4. The van der Waals surface area contributed by atoms with Gasteiger partial charge in [-0.1, -0.05) is 54.6 Å². The van der Waals surface area contributed by atoms with E-state index in [1.54, 1.807) is 61.7 Å². The maximum absolute atomic E-state index is 13.3. The smallest absolute Gasteiger partial charge is 0.262 e.